The van der Waals surface area contributed by atoms with E-state index in [2.05, 4.69) is 10.3 Å². The van der Waals surface area contributed by atoms with Gasteiger partial charge in [0, 0.05) is 16.6 Å². The number of pyridine rings is 1. The number of amides is 1. The summed E-state index contributed by atoms with van der Waals surface area (Å²) in [5, 5.41) is 15.1. The third-order valence-corrected chi connectivity index (χ3v) is 4.60. The Morgan fingerprint density at radius 1 is 1.50 bits per heavy atom. The maximum atomic E-state index is 12.4. The average Bonchev–Trinajstić information content (AvgIpc) is 2.90. The van der Waals surface area contributed by atoms with E-state index in [-0.39, 0.29) is 17.1 Å². The summed E-state index contributed by atoms with van der Waals surface area (Å²) in [5.41, 5.74) is 1.96. The number of aliphatic hydroxyl groups excluding tert-OH is 1. The van der Waals surface area contributed by atoms with Crippen molar-refractivity contribution in [1.29, 1.82) is 0 Å². The van der Waals surface area contributed by atoms with Crippen LogP contribution in [0.1, 0.15) is 45.9 Å². The predicted octanol–water partition coefficient (Wildman–Crippen LogP) is 3.66. The highest BCUT2D eigenvalue weighted by atomic mass is 35.5. The van der Waals surface area contributed by atoms with Gasteiger partial charge in [0.05, 0.1) is 11.7 Å². The Morgan fingerprint density at radius 3 is 2.82 bits per heavy atom. The highest BCUT2D eigenvalue weighted by Crippen LogP contribution is 2.23. The summed E-state index contributed by atoms with van der Waals surface area (Å²) in [4.78, 5) is 17.4. The highest BCUT2D eigenvalue weighted by molar-refractivity contribution is 7.10. The Kier molecular flexibility index (Phi) is 5.56. The quantitative estimate of drug-likeness (QED) is 0.818. The molecule has 0 fully saturated rings. The largest absolute Gasteiger partial charge is 0.387 e. The number of rotatable bonds is 5. The molecule has 2 unspecified atom stereocenters. The molecule has 0 aliphatic rings. The fourth-order valence-electron chi connectivity index (χ4n) is 2.35. The van der Waals surface area contributed by atoms with Gasteiger partial charge in [-0.3, -0.25) is 4.79 Å². The number of aliphatic hydroxyl groups is 1. The third-order valence-electron chi connectivity index (χ3n) is 3.35. The van der Waals surface area contributed by atoms with Gasteiger partial charge in [0.1, 0.15) is 5.15 Å². The molecular weight excluding hydrogens is 320 g/mol. The lowest BCUT2D eigenvalue weighted by Crippen LogP contribution is -2.34. The molecule has 2 aromatic heterocycles. The second kappa shape index (κ2) is 7.22. The lowest BCUT2D eigenvalue weighted by molar-refractivity contribution is 0.0917. The maximum Gasteiger partial charge on any atom is 0.254 e. The molecule has 0 aromatic carbocycles. The Morgan fingerprint density at radius 2 is 2.23 bits per heavy atom. The van der Waals surface area contributed by atoms with Gasteiger partial charge >= 0.3 is 0 Å². The van der Waals surface area contributed by atoms with Crippen molar-refractivity contribution < 1.29 is 9.90 Å². The maximum absolute atomic E-state index is 12.4. The van der Waals surface area contributed by atoms with E-state index < -0.39 is 6.10 Å². The number of halogens is 1. The van der Waals surface area contributed by atoms with E-state index in [4.69, 9.17) is 11.6 Å². The van der Waals surface area contributed by atoms with Crippen LogP contribution in [-0.2, 0) is 0 Å². The van der Waals surface area contributed by atoms with Crippen LogP contribution in [-0.4, -0.2) is 22.0 Å². The van der Waals surface area contributed by atoms with Crippen LogP contribution in [0.4, 0.5) is 0 Å². The molecule has 0 spiro atoms. The number of aromatic nitrogens is 1. The number of carbonyl (C=O) groups excluding carboxylic acids is 1. The predicted molar refractivity (Wildman–Crippen MR) is 89.5 cm³/mol. The topological polar surface area (TPSA) is 62.2 Å². The van der Waals surface area contributed by atoms with Crippen LogP contribution >= 0.6 is 22.9 Å². The number of hydrogen-bond donors (Lipinski definition) is 2. The highest BCUT2D eigenvalue weighted by Gasteiger charge is 2.19. The van der Waals surface area contributed by atoms with Gasteiger partial charge in [-0.2, -0.15) is 0 Å². The summed E-state index contributed by atoms with van der Waals surface area (Å²) in [6, 6.07) is 5.43. The van der Waals surface area contributed by atoms with Gasteiger partial charge in [0.25, 0.3) is 5.91 Å². The molecule has 0 saturated heterocycles. The summed E-state index contributed by atoms with van der Waals surface area (Å²) in [6.07, 6.45) is -0.134. The van der Waals surface area contributed by atoms with E-state index >= 15 is 0 Å². The standard InChI is InChI=1S/C16H19ClN2O2S/c1-9-7-10(2)18-15(17)14(9)16(21)19-11(3)8-12(20)13-5-4-6-22-13/h4-7,11-12,20H,8H2,1-3H3,(H,19,21). The smallest absolute Gasteiger partial charge is 0.254 e. The second-order valence-electron chi connectivity index (χ2n) is 5.39. The number of hydrogen-bond acceptors (Lipinski definition) is 4. The van der Waals surface area contributed by atoms with Crippen molar-refractivity contribution in [3.8, 4) is 0 Å². The number of nitrogens with one attached hydrogen (secondary N) is 1. The molecule has 2 heterocycles. The Balaban J connectivity index is 2.03. The SMILES string of the molecule is Cc1cc(C)c(C(=O)NC(C)CC(O)c2cccs2)c(Cl)n1. The lowest BCUT2D eigenvalue weighted by Gasteiger charge is -2.18. The van der Waals surface area contributed by atoms with Crippen LogP contribution in [0.15, 0.2) is 23.6 Å². The Labute approximate surface area is 139 Å². The second-order valence-corrected chi connectivity index (χ2v) is 6.73. The van der Waals surface area contributed by atoms with E-state index in [9.17, 15) is 9.90 Å². The first-order valence-electron chi connectivity index (χ1n) is 7.04. The molecule has 0 aliphatic carbocycles. The zero-order valence-electron chi connectivity index (χ0n) is 12.8. The summed E-state index contributed by atoms with van der Waals surface area (Å²) in [6.45, 7) is 5.53. The number of thiophene rings is 1. The van der Waals surface area contributed by atoms with Crippen LogP contribution in [0.2, 0.25) is 5.15 Å². The molecular formula is C16H19ClN2O2S. The number of carbonyl (C=O) groups is 1. The third kappa shape index (κ3) is 4.06. The van der Waals surface area contributed by atoms with Crippen molar-refractivity contribution in [3.05, 3.63) is 50.4 Å². The molecule has 118 valence electrons. The van der Waals surface area contributed by atoms with Crippen LogP contribution in [0.3, 0.4) is 0 Å². The molecule has 2 atom stereocenters. The molecule has 0 bridgehead atoms. The van der Waals surface area contributed by atoms with Crippen LogP contribution in [0.5, 0.6) is 0 Å². The Hall–Kier alpha value is -1.43. The first kappa shape index (κ1) is 16.9. The normalized spacial score (nSPS) is 13.7. The fourth-order valence-corrected chi connectivity index (χ4v) is 3.44. The number of aryl methyl sites for hydroxylation is 2. The van der Waals surface area contributed by atoms with Crippen molar-refractivity contribution in [2.45, 2.75) is 39.3 Å². The zero-order valence-corrected chi connectivity index (χ0v) is 14.3. The van der Waals surface area contributed by atoms with Gasteiger partial charge in [-0.25, -0.2) is 4.98 Å². The first-order valence-corrected chi connectivity index (χ1v) is 8.30. The Bertz CT molecular complexity index is 635. The minimum absolute atomic E-state index is 0.179. The van der Waals surface area contributed by atoms with Crippen LogP contribution in [0.25, 0.3) is 0 Å². The van der Waals surface area contributed by atoms with Gasteiger partial charge < -0.3 is 10.4 Å². The molecule has 0 aliphatic heterocycles. The van der Waals surface area contributed by atoms with Gasteiger partial charge in [-0.1, -0.05) is 17.7 Å². The van der Waals surface area contributed by atoms with Crippen molar-refractivity contribution in [1.82, 2.24) is 10.3 Å². The monoisotopic (exact) mass is 338 g/mol. The minimum Gasteiger partial charge on any atom is -0.387 e. The molecule has 2 rings (SSSR count). The molecule has 2 N–H and O–H groups in total. The lowest BCUT2D eigenvalue weighted by atomic mass is 10.1. The minimum atomic E-state index is -0.581. The zero-order chi connectivity index (χ0) is 16.3. The molecule has 0 radical (unpaired) electrons. The number of nitrogens with zero attached hydrogens (tertiary/aromatic N) is 1. The summed E-state index contributed by atoms with van der Waals surface area (Å²) >= 11 is 7.58. The summed E-state index contributed by atoms with van der Waals surface area (Å²) in [5.74, 6) is -0.263. The molecule has 1 amide bonds. The van der Waals surface area contributed by atoms with Crippen LogP contribution in [0, 0.1) is 13.8 Å². The molecule has 0 saturated carbocycles. The van der Waals surface area contributed by atoms with E-state index in [1.165, 1.54) is 11.3 Å². The van der Waals surface area contributed by atoms with E-state index in [0.29, 0.717) is 12.0 Å². The van der Waals surface area contributed by atoms with Gasteiger partial charge in [0.2, 0.25) is 0 Å². The first-order chi connectivity index (χ1) is 10.4. The van der Waals surface area contributed by atoms with E-state index in [0.717, 1.165) is 16.1 Å². The van der Waals surface area contributed by atoms with E-state index in [1.54, 1.807) is 0 Å². The fraction of sp³-hybridized carbons (Fsp3) is 0.375. The van der Waals surface area contributed by atoms with Gasteiger partial charge in [-0.05, 0) is 50.3 Å². The van der Waals surface area contributed by atoms with Crippen molar-refractivity contribution in [2.24, 2.45) is 0 Å². The summed E-state index contributed by atoms with van der Waals surface area (Å²) in [7, 11) is 0. The molecule has 2 aromatic rings. The molecule has 4 nitrogen and oxygen atoms in total. The van der Waals surface area contributed by atoms with Gasteiger partial charge in [-0.15, -0.1) is 11.3 Å². The van der Waals surface area contributed by atoms with Crippen molar-refractivity contribution >= 4 is 28.8 Å². The average molecular weight is 339 g/mol. The van der Waals surface area contributed by atoms with Crippen molar-refractivity contribution in [3.63, 3.8) is 0 Å². The van der Waals surface area contributed by atoms with Crippen molar-refractivity contribution in [2.75, 3.05) is 0 Å². The summed E-state index contributed by atoms with van der Waals surface area (Å²) < 4.78 is 0. The van der Waals surface area contributed by atoms with E-state index in [1.807, 2.05) is 44.4 Å². The van der Waals surface area contributed by atoms with Crippen LogP contribution < -0.4 is 5.32 Å². The molecule has 6 heteroatoms. The molecule has 22 heavy (non-hydrogen) atoms. The van der Waals surface area contributed by atoms with Gasteiger partial charge in [0.15, 0.2) is 0 Å².